The van der Waals surface area contributed by atoms with Crippen LogP contribution in [0.5, 0.6) is 0 Å². The smallest absolute Gasteiger partial charge is 0.124 e. The van der Waals surface area contributed by atoms with Crippen LogP contribution >= 0.6 is 27.5 Å². The van der Waals surface area contributed by atoms with Crippen LogP contribution in [0.4, 0.5) is 4.39 Å². The second-order valence-electron chi connectivity index (χ2n) is 4.66. The van der Waals surface area contributed by atoms with E-state index in [9.17, 15) is 4.39 Å². The molecule has 17 heavy (non-hydrogen) atoms. The standard InChI is InChI=1S/C13H15BrClFO/c14-9-13(3-5-17-6-4-13)8-10-1-2-11(16)7-12(10)15/h1-2,7H,3-6,8-9H2. The number of hydrogen-bond donors (Lipinski definition) is 0. The molecule has 1 nitrogen and oxygen atoms in total. The maximum atomic E-state index is 13.0. The van der Waals surface area contributed by atoms with Gasteiger partial charge in [0.05, 0.1) is 0 Å². The molecule has 1 heterocycles. The van der Waals surface area contributed by atoms with E-state index < -0.39 is 0 Å². The van der Waals surface area contributed by atoms with Crippen LogP contribution in [0.15, 0.2) is 18.2 Å². The minimum atomic E-state index is -0.279. The molecule has 0 bridgehead atoms. The van der Waals surface area contributed by atoms with Gasteiger partial charge in [-0.1, -0.05) is 33.6 Å². The van der Waals surface area contributed by atoms with Gasteiger partial charge in [-0.25, -0.2) is 4.39 Å². The molecular weight excluding hydrogens is 306 g/mol. The number of halogens is 3. The van der Waals surface area contributed by atoms with E-state index in [-0.39, 0.29) is 11.2 Å². The predicted octanol–water partition coefficient (Wildman–Crippen LogP) is 4.21. The fourth-order valence-corrected chi connectivity index (χ4v) is 3.22. The van der Waals surface area contributed by atoms with Crippen LogP contribution in [0, 0.1) is 11.2 Å². The lowest BCUT2D eigenvalue weighted by Crippen LogP contribution is -2.33. The summed E-state index contributed by atoms with van der Waals surface area (Å²) in [6.45, 7) is 1.59. The molecular formula is C13H15BrClFO. The van der Waals surface area contributed by atoms with Crippen molar-refractivity contribution in [1.82, 2.24) is 0 Å². The fourth-order valence-electron chi connectivity index (χ4n) is 2.23. The molecule has 1 saturated heterocycles. The topological polar surface area (TPSA) is 9.23 Å². The monoisotopic (exact) mass is 320 g/mol. The fraction of sp³-hybridized carbons (Fsp3) is 0.538. The highest BCUT2D eigenvalue weighted by molar-refractivity contribution is 9.09. The molecule has 0 atom stereocenters. The maximum Gasteiger partial charge on any atom is 0.124 e. The van der Waals surface area contributed by atoms with Crippen molar-refractivity contribution in [2.45, 2.75) is 19.3 Å². The summed E-state index contributed by atoms with van der Waals surface area (Å²) in [4.78, 5) is 0. The summed E-state index contributed by atoms with van der Waals surface area (Å²) < 4.78 is 18.4. The molecule has 0 spiro atoms. The van der Waals surface area contributed by atoms with Crippen molar-refractivity contribution < 1.29 is 9.13 Å². The highest BCUT2D eigenvalue weighted by Crippen LogP contribution is 2.37. The Kier molecular flexibility index (Phi) is 4.45. The van der Waals surface area contributed by atoms with Crippen molar-refractivity contribution >= 4 is 27.5 Å². The van der Waals surface area contributed by atoms with Gasteiger partial charge in [-0.05, 0) is 42.4 Å². The number of benzene rings is 1. The molecule has 1 aliphatic rings. The summed E-state index contributed by atoms with van der Waals surface area (Å²) in [7, 11) is 0. The number of alkyl halides is 1. The van der Waals surface area contributed by atoms with E-state index in [1.165, 1.54) is 12.1 Å². The molecule has 0 N–H and O–H groups in total. The zero-order valence-corrected chi connectivity index (χ0v) is 11.9. The predicted molar refractivity (Wildman–Crippen MR) is 71.4 cm³/mol. The van der Waals surface area contributed by atoms with Crippen molar-refractivity contribution in [3.8, 4) is 0 Å². The Morgan fingerprint density at radius 2 is 2.06 bits per heavy atom. The third kappa shape index (κ3) is 3.21. The molecule has 0 aromatic heterocycles. The Bertz CT molecular complexity index is 391. The van der Waals surface area contributed by atoms with Gasteiger partial charge in [0.25, 0.3) is 0 Å². The summed E-state index contributed by atoms with van der Waals surface area (Å²) in [6, 6.07) is 4.65. The Hall–Kier alpha value is -0.120. The van der Waals surface area contributed by atoms with Crippen molar-refractivity contribution in [3.05, 3.63) is 34.6 Å². The Morgan fingerprint density at radius 3 is 2.65 bits per heavy atom. The van der Waals surface area contributed by atoms with Gasteiger partial charge in [0.2, 0.25) is 0 Å². The normalized spacial score (nSPS) is 19.2. The lowest BCUT2D eigenvalue weighted by molar-refractivity contribution is 0.0270. The van der Waals surface area contributed by atoms with E-state index >= 15 is 0 Å². The van der Waals surface area contributed by atoms with Crippen LogP contribution in [-0.4, -0.2) is 18.5 Å². The maximum absolute atomic E-state index is 13.0. The van der Waals surface area contributed by atoms with Crippen LogP contribution in [-0.2, 0) is 11.2 Å². The van der Waals surface area contributed by atoms with Crippen LogP contribution in [0.3, 0.4) is 0 Å². The van der Waals surface area contributed by atoms with Crippen molar-refractivity contribution in [3.63, 3.8) is 0 Å². The van der Waals surface area contributed by atoms with Gasteiger partial charge >= 0.3 is 0 Å². The molecule has 0 unspecified atom stereocenters. The average Bonchev–Trinajstić information content (AvgIpc) is 2.34. The minimum Gasteiger partial charge on any atom is -0.381 e. The molecule has 0 saturated carbocycles. The quantitative estimate of drug-likeness (QED) is 0.758. The van der Waals surface area contributed by atoms with E-state index in [1.54, 1.807) is 6.07 Å². The summed E-state index contributed by atoms with van der Waals surface area (Å²) in [5, 5.41) is 1.45. The molecule has 1 aromatic carbocycles. The van der Waals surface area contributed by atoms with Crippen molar-refractivity contribution in [1.29, 1.82) is 0 Å². The molecule has 1 aromatic rings. The van der Waals surface area contributed by atoms with E-state index in [2.05, 4.69) is 15.9 Å². The van der Waals surface area contributed by atoms with Gasteiger partial charge in [-0.3, -0.25) is 0 Å². The largest absolute Gasteiger partial charge is 0.381 e. The van der Waals surface area contributed by atoms with Crippen LogP contribution < -0.4 is 0 Å². The Labute approximate surface area is 114 Å². The molecule has 2 rings (SSSR count). The third-order valence-electron chi connectivity index (χ3n) is 3.42. The summed E-state index contributed by atoms with van der Waals surface area (Å²) in [5.41, 5.74) is 1.22. The van der Waals surface area contributed by atoms with Gasteiger partial charge in [0.1, 0.15) is 5.82 Å². The lowest BCUT2D eigenvalue weighted by atomic mass is 9.77. The van der Waals surface area contributed by atoms with E-state index in [1.807, 2.05) is 0 Å². The minimum absolute atomic E-state index is 0.194. The first-order valence-corrected chi connectivity index (χ1v) is 7.23. The van der Waals surface area contributed by atoms with Crippen LogP contribution in [0.25, 0.3) is 0 Å². The number of ether oxygens (including phenoxy) is 1. The second kappa shape index (κ2) is 5.68. The highest BCUT2D eigenvalue weighted by Gasteiger charge is 2.32. The molecule has 0 aliphatic carbocycles. The van der Waals surface area contributed by atoms with Gasteiger partial charge in [-0.2, -0.15) is 0 Å². The first-order chi connectivity index (χ1) is 8.15. The van der Waals surface area contributed by atoms with E-state index in [0.29, 0.717) is 5.02 Å². The van der Waals surface area contributed by atoms with E-state index in [0.717, 1.165) is 43.4 Å². The van der Waals surface area contributed by atoms with E-state index in [4.69, 9.17) is 16.3 Å². The Morgan fingerprint density at radius 1 is 1.35 bits per heavy atom. The highest BCUT2D eigenvalue weighted by atomic mass is 79.9. The van der Waals surface area contributed by atoms with Gasteiger partial charge < -0.3 is 4.74 Å². The van der Waals surface area contributed by atoms with Gasteiger partial charge in [0, 0.05) is 23.6 Å². The third-order valence-corrected chi connectivity index (χ3v) is 4.96. The van der Waals surface area contributed by atoms with Crippen molar-refractivity contribution in [2.75, 3.05) is 18.5 Å². The van der Waals surface area contributed by atoms with Crippen LogP contribution in [0.1, 0.15) is 18.4 Å². The zero-order chi connectivity index (χ0) is 12.3. The number of hydrogen-bond acceptors (Lipinski definition) is 1. The van der Waals surface area contributed by atoms with Crippen molar-refractivity contribution in [2.24, 2.45) is 5.41 Å². The molecule has 4 heteroatoms. The summed E-state index contributed by atoms with van der Waals surface area (Å²) in [5.74, 6) is -0.279. The molecule has 1 aliphatic heterocycles. The second-order valence-corrected chi connectivity index (χ2v) is 5.63. The molecule has 94 valence electrons. The summed E-state index contributed by atoms with van der Waals surface area (Å²) in [6.07, 6.45) is 2.92. The number of rotatable bonds is 3. The lowest BCUT2D eigenvalue weighted by Gasteiger charge is -2.36. The van der Waals surface area contributed by atoms with Gasteiger partial charge in [0.15, 0.2) is 0 Å². The van der Waals surface area contributed by atoms with Gasteiger partial charge in [-0.15, -0.1) is 0 Å². The zero-order valence-electron chi connectivity index (χ0n) is 9.52. The summed E-state index contributed by atoms with van der Waals surface area (Å²) >= 11 is 9.67. The molecule has 0 amide bonds. The van der Waals surface area contributed by atoms with Crippen LogP contribution in [0.2, 0.25) is 5.02 Å². The molecule has 1 fully saturated rings. The average molecular weight is 322 g/mol. The Balaban J connectivity index is 2.17. The first-order valence-electron chi connectivity index (χ1n) is 5.73. The first kappa shape index (κ1) is 13.3. The SMILES string of the molecule is Fc1ccc(CC2(CBr)CCOCC2)c(Cl)c1. The molecule has 0 radical (unpaired) electrons.